The molecule has 1 unspecified atom stereocenters. The average Bonchev–Trinajstić information content (AvgIpc) is 0.771. The molecule has 15 rings (SSSR count). The number of aryl methyl sites for hydroxylation is 15. The van der Waals surface area contributed by atoms with Crippen molar-refractivity contribution in [3.63, 3.8) is 0 Å². The van der Waals surface area contributed by atoms with Crippen LogP contribution in [0.15, 0.2) is 219 Å². The molecule has 0 spiro atoms. The second-order valence-corrected chi connectivity index (χ2v) is 33.6. The van der Waals surface area contributed by atoms with Crippen LogP contribution in [0.3, 0.4) is 0 Å². The van der Waals surface area contributed by atoms with E-state index in [1.54, 1.807) is 6.07 Å². The smallest absolute Gasteiger partial charge is 0.200 e. The molecule has 0 bridgehead atoms. The maximum absolute atomic E-state index is 8.41. The average molecular weight is 1520 g/mol. The Hall–Kier alpha value is -10.8. The summed E-state index contributed by atoms with van der Waals surface area (Å²) in [4.78, 5) is 0. The molecule has 5 aromatic heterocycles. The number of nitrogens with zero attached hydrogens (tertiary/aromatic N) is 5. The minimum absolute atomic E-state index is 0.0686. The van der Waals surface area contributed by atoms with Crippen LogP contribution >= 0.6 is 0 Å². The van der Waals surface area contributed by atoms with Crippen LogP contribution in [0.25, 0.3) is 110 Å². The van der Waals surface area contributed by atoms with Gasteiger partial charge in [0.15, 0.2) is 31.0 Å². The first kappa shape index (κ1) is 74.7. The van der Waals surface area contributed by atoms with Crippen LogP contribution in [0.5, 0.6) is 0 Å². The van der Waals surface area contributed by atoms with Crippen molar-refractivity contribution in [3.05, 3.63) is 325 Å². The second kappa shape index (κ2) is 35.7. The van der Waals surface area contributed by atoms with Crippen molar-refractivity contribution >= 4 is 53.9 Å². The molecule has 0 N–H and O–H groups in total. The molecule has 0 fully saturated rings. The van der Waals surface area contributed by atoms with Crippen molar-refractivity contribution in [3.8, 4) is 56.3 Å². The fourth-order valence-corrected chi connectivity index (χ4v) is 16.5. The highest BCUT2D eigenvalue weighted by Crippen LogP contribution is 2.38. The molecule has 0 aliphatic carbocycles. The van der Waals surface area contributed by atoms with E-state index in [-0.39, 0.29) is 5.92 Å². The molecule has 0 saturated heterocycles. The number of hydrogen-bond acceptors (Lipinski definition) is 0. The Kier molecular flexibility index (Phi) is 23.4. The highest BCUT2D eigenvalue weighted by Gasteiger charge is 2.25. The van der Waals surface area contributed by atoms with Crippen molar-refractivity contribution in [1.29, 1.82) is 0 Å². The van der Waals surface area contributed by atoms with Gasteiger partial charge >= 0.3 is 0 Å². The Morgan fingerprint density at radius 3 is 0.860 bits per heavy atom. The van der Waals surface area contributed by atoms with Crippen LogP contribution in [-0.2, 0) is 48.0 Å². The molecule has 5 nitrogen and oxygen atoms in total. The molecule has 5 heterocycles. The third kappa shape index (κ3) is 18.7. The molecule has 0 amide bonds. The summed E-state index contributed by atoms with van der Waals surface area (Å²) >= 11 is 0. The monoisotopic (exact) mass is 1510 g/mol. The lowest BCUT2D eigenvalue weighted by molar-refractivity contribution is -0.659. The Morgan fingerprint density at radius 1 is 0.281 bits per heavy atom. The van der Waals surface area contributed by atoms with Crippen LogP contribution in [0.4, 0.5) is 0 Å². The van der Waals surface area contributed by atoms with E-state index in [1.165, 1.54) is 179 Å². The SMILES string of the molecule is Cc1cc(C)c(C)c(-c2c3ccc(CC(C)C)cc3cc[n+]2C)c1.Cc1cc(C)c(C)c(-c2c3ccccc3cc[n+]2C)c1.[2H]C(C)(C)c1ccc2c(-c3cc(C)cc(C)c3C)[n+](C)ccc2c1.[2H]C([2H])([2H])C([2H])(C)c1ccc2c(-c3cc(C)cc(C)c3C)[n+](C)ccc2c1.[2H]C([2H])(c1ccc2c(-c3cc(C)cc(C)c3C)[n+](C)ccc2c1)C(C)C. The van der Waals surface area contributed by atoms with Gasteiger partial charge in [-0.15, -0.1) is 0 Å². The van der Waals surface area contributed by atoms with E-state index in [4.69, 9.17) is 9.60 Å². The Bertz CT molecular complexity index is 6470. The Labute approximate surface area is 694 Å². The van der Waals surface area contributed by atoms with Crippen LogP contribution in [0.1, 0.15) is 182 Å². The van der Waals surface area contributed by atoms with Gasteiger partial charge in [0.25, 0.3) is 0 Å². The largest absolute Gasteiger partial charge is 0.220 e. The molecule has 114 heavy (non-hydrogen) atoms. The predicted molar refractivity (Wildman–Crippen MR) is 489 cm³/mol. The van der Waals surface area contributed by atoms with Crippen LogP contribution in [0.2, 0.25) is 0 Å². The highest BCUT2D eigenvalue weighted by atomic mass is 14.9. The summed E-state index contributed by atoms with van der Waals surface area (Å²) < 4.78 is 67.6. The van der Waals surface area contributed by atoms with E-state index in [0.717, 1.165) is 44.8 Å². The molecule has 0 saturated carbocycles. The molecular weight excluding hydrogens is 1380 g/mol. The summed E-state index contributed by atoms with van der Waals surface area (Å²) in [6.45, 7) is 43.9. The molecule has 0 radical (unpaired) electrons. The number of hydrogen-bond donors (Lipinski definition) is 0. The quantitative estimate of drug-likeness (QED) is 0.115. The fraction of sp³-hybridized carbons (Fsp3) is 0.312. The lowest BCUT2D eigenvalue weighted by Gasteiger charge is -2.12. The van der Waals surface area contributed by atoms with Gasteiger partial charge in [0.1, 0.15) is 35.2 Å². The maximum atomic E-state index is 8.41. The number of fused-ring (bicyclic) bond motifs is 5. The summed E-state index contributed by atoms with van der Waals surface area (Å²) in [5.74, 6) is -1.61. The topological polar surface area (TPSA) is 19.4 Å². The van der Waals surface area contributed by atoms with Crippen LogP contribution in [0, 0.1) is 116 Å². The molecule has 1 atom stereocenters. The van der Waals surface area contributed by atoms with Gasteiger partial charge < -0.3 is 0 Å². The summed E-state index contributed by atoms with van der Waals surface area (Å²) in [5, 5.41) is 11.9. The van der Waals surface area contributed by atoms with Crippen molar-refractivity contribution in [2.24, 2.45) is 47.1 Å². The molecule has 0 aliphatic rings. The third-order valence-corrected chi connectivity index (χ3v) is 23.1. The van der Waals surface area contributed by atoms with Gasteiger partial charge in [-0.1, -0.05) is 180 Å². The number of pyridine rings is 5. The van der Waals surface area contributed by atoms with E-state index in [2.05, 4.69) is 345 Å². The van der Waals surface area contributed by atoms with Gasteiger partial charge in [-0.25, -0.2) is 22.8 Å². The van der Waals surface area contributed by atoms with Crippen molar-refractivity contribution < 1.29 is 32.4 Å². The Morgan fingerprint density at radius 2 is 0.553 bits per heavy atom. The first-order chi connectivity index (χ1) is 56.7. The van der Waals surface area contributed by atoms with Crippen LogP contribution in [-0.4, -0.2) is 0 Å². The van der Waals surface area contributed by atoms with Crippen molar-refractivity contribution in [2.75, 3.05) is 0 Å². The predicted octanol–water partition coefficient (Wildman–Crippen LogP) is 25.9. The first-order valence-electron chi connectivity index (χ1n) is 44.2. The van der Waals surface area contributed by atoms with E-state index in [0.29, 0.717) is 11.5 Å². The molecule has 0 aliphatic heterocycles. The zero-order valence-electron chi connectivity index (χ0n) is 80.4. The molecule has 15 aromatic rings. The molecule has 10 aromatic carbocycles. The van der Waals surface area contributed by atoms with Crippen LogP contribution < -0.4 is 22.8 Å². The fourth-order valence-electron chi connectivity index (χ4n) is 16.5. The minimum Gasteiger partial charge on any atom is -0.200 e. The minimum atomic E-state index is -2.38. The lowest BCUT2D eigenvalue weighted by atomic mass is 9.93. The summed E-state index contributed by atoms with van der Waals surface area (Å²) in [6.07, 6.45) is 10.3. The summed E-state index contributed by atoms with van der Waals surface area (Å²) in [6, 6.07) is 66.7. The third-order valence-electron chi connectivity index (χ3n) is 23.1. The lowest BCUT2D eigenvalue weighted by Crippen LogP contribution is -2.30. The zero-order chi connectivity index (χ0) is 88.7. The second-order valence-electron chi connectivity index (χ2n) is 33.6. The molecular formula is C109H128N5+5. The standard InChI is InChI=1S/2C23H28N.2C22H26N.C19H20N/c2*1-15(2)11-19-7-8-21-20(14-19)9-10-24(6)23(21)22-13-16(3)12-17(4)18(22)5;2*1-14(2)18-7-8-20-19(13-18)9-10-23(6)22(20)21-12-15(3)11-16(4)17(21)5;1-13-11-14(2)15(3)18(12-13)19-17-8-6-5-7-16(17)9-10-20(19)4/h2*7-10,12-15H,11H2,1-6H3;2*7-14H,1-6H3;5-12H,1-4H3/q5*+1/i11D2;;1D3,14D;14D;. The van der Waals surface area contributed by atoms with Gasteiger partial charge in [0.05, 0.1) is 54.7 Å². The van der Waals surface area contributed by atoms with E-state index in [9.17, 15) is 0 Å². The number of rotatable bonds is 11. The van der Waals surface area contributed by atoms with Gasteiger partial charge in [0.2, 0.25) is 28.5 Å². The van der Waals surface area contributed by atoms with E-state index in [1.807, 2.05) is 71.3 Å². The van der Waals surface area contributed by atoms with Gasteiger partial charge in [-0.2, -0.15) is 0 Å². The molecule has 584 valence electrons. The maximum Gasteiger partial charge on any atom is 0.220 e. The first-order valence-corrected chi connectivity index (χ1v) is 40.7. The summed E-state index contributed by atoms with van der Waals surface area (Å²) in [7, 11) is 10.5. The summed E-state index contributed by atoms with van der Waals surface area (Å²) in [5.41, 5.74) is 35.8. The van der Waals surface area contributed by atoms with Gasteiger partial charge in [-0.3, -0.25) is 0 Å². The molecule has 5 heteroatoms. The highest BCUT2D eigenvalue weighted by molar-refractivity contribution is 5.98. The van der Waals surface area contributed by atoms with E-state index >= 15 is 0 Å². The number of aromatic nitrogens is 5. The number of benzene rings is 10. The van der Waals surface area contributed by atoms with Gasteiger partial charge in [0, 0.05) is 39.9 Å². The normalized spacial score (nSPS) is 13.1. The Balaban J connectivity index is 0.000000148. The van der Waals surface area contributed by atoms with Gasteiger partial charge in [-0.05, 0) is 306 Å². The van der Waals surface area contributed by atoms with Crippen molar-refractivity contribution in [1.82, 2.24) is 0 Å². The van der Waals surface area contributed by atoms with Crippen molar-refractivity contribution in [2.45, 2.75) is 184 Å². The zero-order valence-corrected chi connectivity index (χ0v) is 73.4. The van der Waals surface area contributed by atoms with E-state index < -0.39 is 25.0 Å².